The van der Waals surface area contributed by atoms with Crippen LogP contribution in [-0.4, -0.2) is 13.1 Å². The minimum absolute atomic E-state index is 0.286. The van der Waals surface area contributed by atoms with Crippen molar-refractivity contribution in [3.63, 3.8) is 0 Å². The van der Waals surface area contributed by atoms with Gasteiger partial charge in [0, 0.05) is 6.08 Å². The van der Waals surface area contributed by atoms with E-state index in [-0.39, 0.29) is 5.97 Å². The summed E-state index contributed by atoms with van der Waals surface area (Å²) >= 11 is 0. The summed E-state index contributed by atoms with van der Waals surface area (Å²) < 4.78 is 4.59. The fraction of sp³-hybridized carbons (Fsp3) is 0.722. The van der Waals surface area contributed by atoms with Gasteiger partial charge in [0.25, 0.3) is 0 Å². The van der Waals surface area contributed by atoms with Gasteiger partial charge in [-0.3, -0.25) is 0 Å². The number of hydrogen-bond donors (Lipinski definition) is 0. The Hall–Kier alpha value is -1.05. The van der Waals surface area contributed by atoms with Crippen molar-refractivity contribution in [1.82, 2.24) is 0 Å². The van der Waals surface area contributed by atoms with E-state index in [0.717, 1.165) is 23.8 Å². The van der Waals surface area contributed by atoms with E-state index in [9.17, 15) is 4.79 Å². The molecule has 0 aliphatic rings. The molecule has 0 fully saturated rings. The Labute approximate surface area is 125 Å². The summed E-state index contributed by atoms with van der Waals surface area (Å²) in [5.41, 5.74) is 0.946. The van der Waals surface area contributed by atoms with E-state index in [4.69, 9.17) is 0 Å². The largest absolute Gasteiger partial charge is 0.466 e. The zero-order valence-electron chi connectivity index (χ0n) is 13.9. The van der Waals surface area contributed by atoms with Crippen LogP contribution in [0.15, 0.2) is 23.8 Å². The number of allylic oxidation sites excluding steroid dienone is 3. The molecule has 0 aromatic carbocycles. The molecule has 0 aliphatic heterocycles. The van der Waals surface area contributed by atoms with Crippen LogP contribution in [0.3, 0.4) is 0 Å². The average Bonchev–Trinajstić information content (AvgIpc) is 2.39. The SMILES string of the molecule is COC(=O)/C=C(C)/C=C/CCC(C)CCCCC(C)C. The van der Waals surface area contributed by atoms with Crippen LogP contribution >= 0.6 is 0 Å². The van der Waals surface area contributed by atoms with Crippen LogP contribution in [-0.2, 0) is 9.53 Å². The average molecular weight is 280 g/mol. The number of hydrogen-bond acceptors (Lipinski definition) is 2. The van der Waals surface area contributed by atoms with Crippen molar-refractivity contribution in [2.45, 2.75) is 66.2 Å². The van der Waals surface area contributed by atoms with E-state index in [1.165, 1.54) is 45.3 Å². The molecule has 0 aromatic heterocycles. The first-order valence-electron chi connectivity index (χ1n) is 7.88. The smallest absolute Gasteiger partial charge is 0.330 e. The van der Waals surface area contributed by atoms with Crippen molar-refractivity contribution in [3.05, 3.63) is 23.8 Å². The van der Waals surface area contributed by atoms with Gasteiger partial charge < -0.3 is 4.74 Å². The standard InChI is InChI=1S/C18H32O2/c1-15(2)10-6-7-11-16(3)12-8-9-13-17(4)14-18(19)20-5/h9,13-16H,6-8,10-12H2,1-5H3/b13-9+,17-14+. The van der Waals surface area contributed by atoms with Gasteiger partial charge in [0.15, 0.2) is 0 Å². The van der Waals surface area contributed by atoms with Crippen molar-refractivity contribution in [3.8, 4) is 0 Å². The summed E-state index contributed by atoms with van der Waals surface area (Å²) in [5, 5.41) is 0. The van der Waals surface area contributed by atoms with Crippen LogP contribution in [0.4, 0.5) is 0 Å². The minimum Gasteiger partial charge on any atom is -0.466 e. The first-order valence-corrected chi connectivity index (χ1v) is 7.88. The molecule has 20 heavy (non-hydrogen) atoms. The second-order valence-electron chi connectivity index (χ2n) is 6.17. The Kier molecular flexibility index (Phi) is 11.1. The van der Waals surface area contributed by atoms with Crippen molar-refractivity contribution in [2.75, 3.05) is 7.11 Å². The molecule has 0 spiro atoms. The third-order valence-corrected chi connectivity index (χ3v) is 3.48. The Bertz CT molecular complexity index is 313. The van der Waals surface area contributed by atoms with Crippen molar-refractivity contribution < 1.29 is 9.53 Å². The van der Waals surface area contributed by atoms with Crippen LogP contribution in [0.5, 0.6) is 0 Å². The number of carbonyl (C=O) groups excluding carboxylic acids is 1. The van der Waals surface area contributed by atoms with Gasteiger partial charge >= 0.3 is 5.97 Å². The topological polar surface area (TPSA) is 26.3 Å². The van der Waals surface area contributed by atoms with Crippen molar-refractivity contribution in [2.24, 2.45) is 11.8 Å². The zero-order valence-corrected chi connectivity index (χ0v) is 13.9. The molecule has 0 radical (unpaired) electrons. The van der Waals surface area contributed by atoms with Gasteiger partial charge in [-0.25, -0.2) is 4.79 Å². The van der Waals surface area contributed by atoms with E-state index >= 15 is 0 Å². The number of carbonyl (C=O) groups is 1. The van der Waals surface area contributed by atoms with Crippen molar-refractivity contribution >= 4 is 5.97 Å². The number of methoxy groups -OCH3 is 1. The quantitative estimate of drug-likeness (QED) is 0.235. The Morgan fingerprint density at radius 3 is 2.35 bits per heavy atom. The molecule has 0 bridgehead atoms. The number of rotatable bonds is 10. The van der Waals surface area contributed by atoms with Crippen molar-refractivity contribution in [1.29, 1.82) is 0 Å². The lowest BCUT2D eigenvalue weighted by atomic mass is 9.96. The maximum absolute atomic E-state index is 11.0. The predicted octanol–water partition coefficient (Wildman–Crippen LogP) is 5.29. The monoisotopic (exact) mass is 280 g/mol. The second kappa shape index (κ2) is 11.7. The highest BCUT2D eigenvalue weighted by atomic mass is 16.5. The first-order chi connectivity index (χ1) is 9.45. The van der Waals surface area contributed by atoms with E-state index in [1.54, 1.807) is 0 Å². The fourth-order valence-electron chi connectivity index (χ4n) is 2.13. The fourth-order valence-corrected chi connectivity index (χ4v) is 2.13. The molecule has 2 heteroatoms. The van der Waals surface area contributed by atoms with Gasteiger partial charge in [0.2, 0.25) is 0 Å². The molecule has 0 saturated carbocycles. The molecular formula is C18H32O2. The third kappa shape index (κ3) is 12.0. The highest BCUT2D eigenvalue weighted by molar-refractivity contribution is 5.83. The molecule has 0 heterocycles. The third-order valence-electron chi connectivity index (χ3n) is 3.48. The molecule has 1 unspecified atom stereocenters. The van der Waals surface area contributed by atoms with Gasteiger partial charge in [0.05, 0.1) is 7.11 Å². The highest BCUT2D eigenvalue weighted by Crippen LogP contribution is 2.17. The van der Waals surface area contributed by atoms with Crippen LogP contribution in [0, 0.1) is 11.8 Å². The minimum atomic E-state index is -0.286. The summed E-state index contributed by atoms with van der Waals surface area (Å²) in [4.78, 5) is 11.0. The summed E-state index contributed by atoms with van der Waals surface area (Å²) in [5.74, 6) is 1.33. The summed E-state index contributed by atoms with van der Waals surface area (Å²) in [6.07, 6.45) is 13.4. The Morgan fingerprint density at radius 2 is 1.75 bits per heavy atom. The van der Waals surface area contributed by atoms with Gasteiger partial charge in [0.1, 0.15) is 0 Å². The summed E-state index contributed by atoms with van der Waals surface area (Å²) in [6.45, 7) is 8.83. The van der Waals surface area contributed by atoms with Crippen LogP contribution in [0.25, 0.3) is 0 Å². The zero-order chi connectivity index (χ0) is 15.4. The van der Waals surface area contributed by atoms with Crippen LogP contribution in [0.2, 0.25) is 0 Å². The molecule has 0 N–H and O–H groups in total. The van der Waals surface area contributed by atoms with E-state index in [0.29, 0.717) is 0 Å². The predicted molar refractivity (Wildman–Crippen MR) is 86.6 cm³/mol. The second-order valence-corrected chi connectivity index (χ2v) is 6.17. The number of ether oxygens (including phenoxy) is 1. The lowest BCUT2D eigenvalue weighted by Gasteiger charge is -2.10. The molecule has 116 valence electrons. The molecule has 1 atom stereocenters. The molecular weight excluding hydrogens is 248 g/mol. The first kappa shape index (κ1) is 18.9. The molecule has 0 aromatic rings. The highest BCUT2D eigenvalue weighted by Gasteiger charge is 2.01. The lowest BCUT2D eigenvalue weighted by molar-refractivity contribution is -0.134. The summed E-state index contributed by atoms with van der Waals surface area (Å²) in [6, 6.07) is 0. The van der Waals surface area contributed by atoms with Crippen LogP contribution in [0.1, 0.15) is 66.2 Å². The van der Waals surface area contributed by atoms with E-state index < -0.39 is 0 Å². The van der Waals surface area contributed by atoms with Gasteiger partial charge in [-0.1, -0.05) is 58.6 Å². The number of unbranched alkanes of at least 4 members (excludes halogenated alkanes) is 1. The van der Waals surface area contributed by atoms with Gasteiger partial charge in [-0.15, -0.1) is 0 Å². The molecule has 0 rings (SSSR count). The van der Waals surface area contributed by atoms with E-state index in [1.807, 2.05) is 13.0 Å². The molecule has 0 aliphatic carbocycles. The van der Waals surface area contributed by atoms with E-state index in [2.05, 4.69) is 31.6 Å². The van der Waals surface area contributed by atoms with Gasteiger partial charge in [-0.2, -0.15) is 0 Å². The molecule has 2 nitrogen and oxygen atoms in total. The summed E-state index contributed by atoms with van der Waals surface area (Å²) in [7, 11) is 1.40. The van der Waals surface area contributed by atoms with Crippen LogP contribution < -0.4 is 0 Å². The maximum atomic E-state index is 11.0. The molecule has 0 amide bonds. The maximum Gasteiger partial charge on any atom is 0.330 e. The Morgan fingerprint density at radius 1 is 1.10 bits per heavy atom. The normalized spacial score (nSPS) is 14.0. The van der Waals surface area contributed by atoms with Gasteiger partial charge in [-0.05, 0) is 37.2 Å². The lowest BCUT2D eigenvalue weighted by Crippen LogP contribution is -1.96. The molecule has 0 saturated heterocycles. The number of esters is 1. The Balaban J connectivity index is 3.72.